The minimum absolute atomic E-state index is 1.01. The van der Waals surface area contributed by atoms with Gasteiger partial charge in [0.1, 0.15) is 0 Å². The van der Waals surface area contributed by atoms with E-state index < -0.39 is 10.5 Å². The highest BCUT2D eigenvalue weighted by molar-refractivity contribution is 7.61. The van der Waals surface area contributed by atoms with E-state index in [9.17, 15) is 0 Å². The fraction of sp³-hybridized carbons (Fsp3) is 0.300. The fourth-order valence-corrected chi connectivity index (χ4v) is 1.39. The topological polar surface area (TPSA) is 88.1 Å². The van der Waals surface area contributed by atoms with Crippen molar-refractivity contribution in [3.8, 4) is 0 Å². The zero-order valence-corrected chi connectivity index (χ0v) is 10.3. The summed E-state index contributed by atoms with van der Waals surface area (Å²) in [4.78, 5) is 0. The number of nitrogens with zero attached hydrogens (tertiary/aromatic N) is 3. The van der Waals surface area contributed by atoms with E-state index in [2.05, 4.69) is 39.7 Å². The minimum Gasteiger partial charge on any atom is -0.300 e. The fourth-order valence-electron chi connectivity index (χ4n) is 1.39. The van der Waals surface area contributed by atoms with Gasteiger partial charge in [-0.25, -0.2) is 5.84 Å². The number of rotatable bonds is 0. The molecule has 0 saturated carbocycles. The van der Waals surface area contributed by atoms with Gasteiger partial charge in [0.25, 0.3) is 0 Å². The molecule has 2 rings (SSSR count). The molecule has 0 saturated heterocycles. The van der Waals surface area contributed by atoms with Crippen LogP contribution in [-0.2, 0) is 16.9 Å². The Hall–Kier alpha value is -1.73. The van der Waals surface area contributed by atoms with Gasteiger partial charge in [-0.2, -0.15) is 13.5 Å². The maximum Gasteiger partial charge on any atom is 0.327 e. The third-order valence-electron chi connectivity index (χ3n) is 2.24. The SMILES string of the molecule is CN1CCc2ccccc2C=N1.NN=S(=O)=O. The first kappa shape index (κ1) is 13.3. The Morgan fingerprint density at radius 2 is 2.06 bits per heavy atom. The van der Waals surface area contributed by atoms with E-state index in [0.717, 1.165) is 13.0 Å². The average molecular weight is 254 g/mol. The largest absolute Gasteiger partial charge is 0.327 e. The zero-order valence-electron chi connectivity index (χ0n) is 9.44. The molecule has 0 radical (unpaired) electrons. The van der Waals surface area contributed by atoms with Crippen molar-refractivity contribution >= 4 is 16.7 Å². The summed E-state index contributed by atoms with van der Waals surface area (Å²) in [6.07, 6.45) is 3.02. The van der Waals surface area contributed by atoms with Gasteiger partial charge in [-0.15, -0.1) is 0 Å². The van der Waals surface area contributed by atoms with Crippen LogP contribution in [0.5, 0.6) is 0 Å². The minimum atomic E-state index is -2.42. The summed E-state index contributed by atoms with van der Waals surface area (Å²) in [6.45, 7) is 1.01. The molecule has 1 aliphatic rings. The van der Waals surface area contributed by atoms with E-state index in [0.29, 0.717) is 0 Å². The zero-order chi connectivity index (χ0) is 12.7. The third kappa shape index (κ3) is 4.75. The summed E-state index contributed by atoms with van der Waals surface area (Å²) < 4.78 is 20.5. The molecule has 0 amide bonds. The van der Waals surface area contributed by atoms with Crippen LogP contribution in [0.2, 0.25) is 0 Å². The van der Waals surface area contributed by atoms with Crippen LogP contribution in [-0.4, -0.2) is 33.2 Å². The van der Waals surface area contributed by atoms with Crippen molar-refractivity contribution < 1.29 is 8.42 Å². The van der Waals surface area contributed by atoms with Crippen molar-refractivity contribution in [2.24, 2.45) is 15.4 Å². The lowest BCUT2D eigenvalue weighted by Crippen LogP contribution is -2.12. The van der Waals surface area contributed by atoms with Crippen LogP contribution in [0.3, 0.4) is 0 Å². The van der Waals surface area contributed by atoms with Crippen molar-refractivity contribution in [3.63, 3.8) is 0 Å². The standard InChI is InChI=1S/C10H12N2.H2N2O2S/c1-12-7-6-9-4-2-3-5-10(9)8-11-12;1-2-5(3)4/h2-5,8H,6-7H2,1H3;1H2. The normalized spacial score (nSPS) is 12.9. The quantitative estimate of drug-likeness (QED) is 0.537. The van der Waals surface area contributed by atoms with Gasteiger partial charge < -0.3 is 0 Å². The maximum absolute atomic E-state index is 9.08. The predicted octanol–water partition coefficient (Wildman–Crippen LogP) is 0.431. The molecule has 1 heterocycles. The molecule has 7 heteroatoms. The molecule has 0 atom stereocenters. The molecule has 1 aromatic carbocycles. The van der Waals surface area contributed by atoms with E-state index in [1.54, 1.807) is 0 Å². The monoisotopic (exact) mass is 254 g/mol. The maximum atomic E-state index is 9.08. The van der Waals surface area contributed by atoms with Crippen LogP contribution in [0.15, 0.2) is 33.8 Å². The second kappa shape index (κ2) is 6.77. The summed E-state index contributed by atoms with van der Waals surface area (Å²) in [6, 6.07) is 8.41. The highest BCUT2D eigenvalue weighted by Crippen LogP contribution is 2.10. The molecule has 17 heavy (non-hydrogen) atoms. The molecular formula is C10H14N4O2S. The average Bonchev–Trinajstić information content (AvgIpc) is 2.53. The number of hydrogen-bond donors (Lipinski definition) is 1. The Morgan fingerprint density at radius 3 is 2.71 bits per heavy atom. The van der Waals surface area contributed by atoms with Gasteiger partial charge in [0.15, 0.2) is 0 Å². The molecule has 0 aliphatic carbocycles. The van der Waals surface area contributed by atoms with Crippen molar-refractivity contribution in [2.45, 2.75) is 6.42 Å². The predicted molar refractivity (Wildman–Crippen MR) is 65.9 cm³/mol. The Balaban J connectivity index is 0.000000249. The van der Waals surface area contributed by atoms with Crippen LogP contribution in [0.4, 0.5) is 0 Å². The van der Waals surface area contributed by atoms with Crippen molar-refractivity contribution in [3.05, 3.63) is 35.4 Å². The second-order valence-electron chi connectivity index (χ2n) is 3.40. The number of nitrogens with two attached hydrogens (primary N) is 1. The first-order chi connectivity index (χ1) is 8.13. The van der Waals surface area contributed by atoms with Crippen LogP contribution >= 0.6 is 0 Å². The van der Waals surface area contributed by atoms with Gasteiger partial charge >= 0.3 is 10.5 Å². The number of likely N-dealkylation sites (N-methyl/N-ethyl adjacent to an activating group) is 1. The first-order valence-electron chi connectivity index (χ1n) is 4.97. The molecule has 0 fully saturated rings. The summed E-state index contributed by atoms with van der Waals surface area (Å²) >= 11 is 0. The Morgan fingerprint density at radius 1 is 1.41 bits per heavy atom. The van der Waals surface area contributed by atoms with E-state index in [-0.39, 0.29) is 0 Å². The van der Waals surface area contributed by atoms with E-state index in [4.69, 9.17) is 8.42 Å². The number of fused-ring (bicyclic) bond motifs is 1. The molecule has 1 aliphatic heterocycles. The van der Waals surface area contributed by atoms with Crippen LogP contribution in [0, 0.1) is 0 Å². The molecule has 0 unspecified atom stereocenters. The molecule has 0 spiro atoms. The molecule has 0 aromatic heterocycles. The van der Waals surface area contributed by atoms with Crippen LogP contribution in [0.1, 0.15) is 11.1 Å². The third-order valence-corrected chi connectivity index (χ3v) is 2.41. The molecule has 0 bridgehead atoms. The lowest BCUT2D eigenvalue weighted by Gasteiger charge is -2.08. The lowest BCUT2D eigenvalue weighted by atomic mass is 10.1. The van der Waals surface area contributed by atoms with Crippen molar-refractivity contribution in [1.29, 1.82) is 0 Å². The summed E-state index contributed by atoms with van der Waals surface area (Å²) in [5, 5.41) is 6.25. The van der Waals surface area contributed by atoms with E-state index in [1.807, 2.05) is 18.3 Å². The van der Waals surface area contributed by atoms with Gasteiger partial charge in [-0.3, -0.25) is 5.01 Å². The lowest BCUT2D eigenvalue weighted by molar-refractivity contribution is 0.364. The van der Waals surface area contributed by atoms with Gasteiger partial charge in [-0.1, -0.05) is 28.7 Å². The van der Waals surface area contributed by atoms with Gasteiger partial charge in [0.2, 0.25) is 0 Å². The molecule has 92 valence electrons. The van der Waals surface area contributed by atoms with Gasteiger partial charge in [0.05, 0.1) is 6.21 Å². The molecule has 6 nitrogen and oxygen atoms in total. The van der Waals surface area contributed by atoms with Crippen molar-refractivity contribution in [2.75, 3.05) is 13.6 Å². The van der Waals surface area contributed by atoms with Gasteiger partial charge in [0, 0.05) is 13.6 Å². The highest BCUT2D eigenvalue weighted by Gasteiger charge is 2.04. The van der Waals surface area contributed by atoms with Crippen LogP contribution < -0.4 is 5.84 Å². The number of hydrazone groups is 1. The molecule has 1 aromatic rings. The summed E-state index contributed by atoms with van der Waals surface area (Å²) in [5.41, 5.74) is 2.65. The molecular weight excluding hydrogens is 240 g/mol. The summed E-state index contributed by atoms with van der Waals surface area (Å²) in [7, 11) is -0.417. The van der Waals surface area contributed by atoms with Gasteiger partial charge in [-0.05, 0) is 17.5 Å². The van der Waals surface area contributed by atoms with E-state index in [1.165, 1.54) is 11.1 Å². The summed E-state index contributed by atoms with van der Waals surface area (Å²) in [5.74, 6) is 4.18. The Kier molecular flexibility index (Phi) is 5.31. The van der Waals surface area contributed by atoms with Crippen molar-refractivity contribution in [1.82, 2.24) is 5.01 Å². The number of benzene rings is 1. The highest BCUT2D eigenvalue weighted by atomic mass is 32.2. The number of hydrogen-bond acceptors (Lipinski definition) is 5. The second-order valence-corrected chi connectivity index (χ2v) is 4.04. The van der Waals surface area contributed by atoms with E-state index >= 15 is 0 Å². The Labute approximate surface area is 101 Å². The Bertz CT molecular complexity index is 517. The van der Waals surface area contributed by atoms with Crippen LogP contribution in [0.25, 0.3) is 0 Å². The smallest absolute Gasteiger partial charge is 0.300 e. The first-order valence-corrected chi connectivity index (χ1v) is 6.00. The molecule has 2 N–H and O–H groups in total.